The van der Waals surface area contributed by atoms with Crippen LogP contribution < -0.4 is 9.47 Å². The summed E-state index contributed by atoms with van der Waals surface area (Å²) < 4.78 is 11.3. The van der Waals surface area contributed by atoms with Crippen molar-refractivity contribution < 1.29 is 19.1 Å². The van der Waals surface area contributed by atoms with E-state index < -0.39 is 0 Å². The molecule has 162 valence electrons. The van der Waals surface area contributed by atoms with Gasteiger partial charge in [-0.25, -0.2) is 0 Å². The van der Waals surface area contributed by atoms with Crippen LogP contribution in [0.5, 0.6) is 11.5 Å². The van der Waals surface area contributed by atoms with Gasteiger partial charge in [0.2, 0.25) is 0 Å². The molecule has 0 radical (unpaired) electrons. The maximum atomic E-state index is 12.8. The molecule has 0 N–H and O–H groups in total. The van der Waals surface area contributed by atoms with Crippen LogP contribution in [-0.4, -0.2) is 23.2 Å². The van der Waals surface area contributed by atoms with Crippen LogP contribution in [0.2, 0.25) is 5.02 Å². The van der Waals surface area contributed by atoms with Crippen molar-refractivity contribution in [2.45, 2.75) is 13.2 Å². The molecule has 0 saturated carbocycles. The summed E-state index contributed by atoms with van der Waals surface area (Å²) in [5.74, 6) is 0.800. The van der Waals surface area contributed by atoms with Gasteiger partial charge < -0.3 is 9.47 Å². The Morgan fingerprint density at radius 3 is 2.47 bits per heavy atom. The molecule has 0 spiro atoms. The number of hydrogen-bond donors (Lipinski definition) is 0. The van der Waals surface area contributed by atoms with Gasteiger partial charge in [-0.3, -0.25) is 14.5 Å². The molecule has 2 amide bonds. The van der Waals surface area contributed by atoms with Gasteiger partial charge in [0, 0.05) is 5.02 Å². The second-order valence-corrected chi connectivity index (χ2v) is 8.44. The zero-order valence-electron chi connectivity index (χ0n) is 17.3. The maximum absolute atomic E-state index is 12.8. The average Bonchev–Trinajstić information content (AvgIpc) is 3.07. The molecule has 0 aromatic heterocycles. The number of amides is 2. The second-order valence-electron chi connectivity index (χ2n) is 7.04. The first-order valence-electron chi connectivity index (χ1n) is 9.88. The number of hydrogen-bond acceptors (Lipinski definition) is 5. The standard InChI is InChI=1S/C25H20ClNO4S/c1-30-22-13-18(11-12-21(22)31-16-17-7-3-2-4-8-17)14-23-24(28)27(25(29)32-23)15-19-9-5-6-10-20(19)26/h2-14H,15-16H2,1H3/b23-14-. The van der Waals surface area contributed by atoms with Gasteiger partial charge >= 0.3 is 0 Å². The monoisotopic (exact) mass is 465 g/mol. The normalized spacial score (nSPS) is 14.8. The van der Waals surface area contributed by atoms with E-state index in [2.05, 4.69) is 0 Å². The van der Waals surface area contributed by atoms with Crippen molar-refractivity contribution in [3.8, 4) is 11.5 Å². The minimum atomic E-state index is -0.344. The first kappa shape index (κ1) is 22.0. The molecule has 1 aliphatic rings. The highest BCUT2D eigenvalue weighted by Gasteiger charge is 2.35. The summed E-state index contributed by atoms with van der Waals surface area (Å²) in [6.07, 6.45) is 1.68. The number of nitrogens with zero attached hydrogens (tertiary/aromatic N) is 1. The molecule has 5 nitrogen and oxygen atoms in total. The van der Waals surface area contributed by atoms with Gasteiger partial charge in [0.15, 0.2) is 11.5 Å². The lowest BCUT2D eigenvalue weighted by Gasteiger charge is -2.13. The number of imide groups is 1. The van der Waals surface area contributed by atoms with E-state index in [-0.39, 0.29) is 17.7 Å². The molecule has 4 rings (SSSR count). The summed E-state index contributed by atoms with van der Waals surface area (Å²) in [6, 6.07) is 22.4. The van der Waals surface area contributed by atoms with E-state index in [0.717, 1.165) is 28.5 Å². The summed E-state index contributed by atoms with van der Waals surface area (Å²) in [6.45, 7) is 0.550. The van der Waals surface area contributed by atoms with E-state index in [1.54, 1.807) is 43.5 Å². The second kappa shape index (κ2) is 9.94. The summed E-state index contributed by atoms with van der Waals surface area (Å²) in [5, 5.41) is 0.197. The Hall–Kier alpha value is -3.22. The molecule has 3 aromatic rings. The molecule has 1 fully saturated rings. The van der Waals surface area contributed by atoms with Crippen molar-refractivity contribution in [1.82, 2.24) is 4.90 Å². The van der Waals surface area contributed by atoms with Crippen molar-refractivity contribution in [3.05, 3.63) is 99.4 Å². The van der Waals surface area contributed by atoms with Crippen LogP contribution in [0, 0.1) is 0 Å². The number of thioether (sulfide) groups is 1. The van der Waals surface area contributed by atoms with Gasteiger partial charge in [0.05, 0.1) is 18.6 Å². The highest BCUT2D eigenvalue weighted by molar-refractivity contribution is 8.18. The summed E-state index contributed by atoms with van der Waals surface area (Å²) >= 11 is 7.09. The first-order chi connectivity index (χ1) is 15.5. The molecular formula is C25H20ClNO4S. The van der Waals surface area contributed by atoms with Crippen LogP contribution in [0.15, 0.2) is 77.7 Å². The summed E-state index contributed by atoms with van der Waals surface area (Å²) in [4.78, 5) is 26.8. The predicted octanol–water partition coefficient (Wildman–Crippen LogP) is 6.16. The van der Waals surface area contributed by atoms with Crippen molar-refractivity contribution >= 4 is 40.6 Å². The molecule has 0 bridgehead atoms. The highest BCUT2D eigenvalue weighted by atomic mass is 35.5. The van der Waals surface area contributed by atoms with Crippen LogP contribution in [0.1, 0.15) is 16.7 Å². The zero-order chi connectivity index (χ0) is 22.5. The topological polar surface area (TPSA) is 55.8 Å². The molecule has 1 heterocycles. The number of methoxy groups -OCH3 is 1. The predicted molar refractivity (Wildman–Crippen MR) is 127 cm³/mol. The van der Waals surface area contributed by atoms with E-state index in [1.807, 2.05) is 42.5 Å². The SMILES string of the molecule is COc1cc(/C=C2\SC(=O)N(Cc3ccccc3Cl)C2=O)ccc1OCc1ccccc1. The third-order valence-electron chi connectivity index (χ3n) is 4.88. The lowest BCUT2D eigenvalue weighted by molar-refractivity contribution is -0.123. The van der Waals surface area contributed by atoms with E-state index >= 15 is 0 Å². The molecule has 1 saturated heterocycles. The van der Waals surface area contributed by atoms with Gasteiger partial charge in [-0.05, 0) is 52.7 Å². The third kappa shape index (κ3) is 4.98. The Kier molecular flexibility index (Phi) is 6.83. The minimum Gasteiger partial charge on any atom is -0.493 e. The zero-order valence-corrected chi connectivity index (χ0v) is 18.9. The Morgan fingerprint density at radius 2 is 1.72 bits per heavy atom. The summed E-state index contributed by atoms with van der Waals surface area (Å²) in [5.41, 5.74) is 2.50. The Morgan fingerprint density at radius 1 is 0.969 bits per heavy atom. The minimum absolute atomic E-state index is 0.136. The van der Waals surface area contributed by atoms with E-state index in [9.17, 15) is 9.59 Å². The van der Waals surface area contributed by atoms with Gasteiger partial charge in [0.25, 0.3) is 11.1 Å². The lowest BCUT2D eigenvalue weighted by Crippen LogP contribution is -2.27. The fraction of sp³-hybridized carbons (Fsp3) is 0.120. The Labute approximate surface area is 195 Å². The Bertz CT molecular complexity index is 1180. The van der Waals surface area contributed by atoms with Crippen LogP contribution in [0.3, 0.4) is 0 Å². The average molecular weight is 466 g/mol. The largest absolute Gasteiger partial charge is 0.493 e. The quantitative estimate of drug-likeness (QED) is 0.391. The van der Waals surface area contributed by atoms with Gasteiger partial charge in [-0.1, -0.05) is 66.2 Å². The molecule has 1 aliphatic heterocycles. The van der Waals surface area contributed by atoms with Gasteiger partial charge in [-0.2, -0.15) is 0 Å². The molecule has 0 atom stereocenters. The number of halogens is 1. The number of benzene rings is 3. The maximum Gasteiger partial charge on any atom is 0.293 e. The smallest absolute Gasteiger partial charge is 0.293 e. The van der Waals surface area contributed by atoms with Crippen molar-refractivity contribution in [3.63, 3.8) is 0 Å². The lowest BCUT2D eigenvalue weighted by atomic mass is 10.1. The third-order valence-corrected chi connectivity index (χ3v) is 6.16. The number of carbonyl (C=O) groups excluding carboxylic acids is 2. The van der Waals surface area contributed by atoms with Crippen molar-refractivity contribution in [2.75, 3.05) is 7.11 Å². The molecule has 0 aliphatic carbocycles. The van der Waals surface area contributed by atoms with Gasteiger partial charge in [0.1, 0.15) is 6.61 Å². The molecule has 0 unspecified atom stereocenters. The Balaban J connectivity index is 1.50. The van der Waals surface area contributed by atoms with Crippen LogP contribution in [-0.2, 0) is 17.9 Å². The fourth-order valence-electron chi connectivity index (χ4n) is 3.21. The number of carbonyl (C=O) groups is 2. The van der Waals surface area contributed by atoms with Crippen LogP contribution >= 0.6 is 23.4 Å². The fourth-order valence-corrected chi connectivity index (χ4v) is 4.25. The van der Waals surface area contributed by atoms with Crippen LogP contribution in [0.25, 0.3) is 6.08 Å². The van der Waals surface area contributed by atoms with E-state index in [0.29, 0.717) is 28.0 Å². The molecule has 32 heavy (non-hydrogen) atoms. The van der Waals surface area contributed by atoms with E-state index in [4.69, 9.17) is 21.1 Å². The summed E-state index contributed by atoms with van der Waals surface area (Å²) in [7, 11) is 1.56. The first-order valence-corrected chi connectivity index (χ1v) is 11.1. The van der Waals surface area contributed by atoms with Crippen molar-refractivity contribution in [1.29, 1.82) is 0 Å². The molecule has 3 aromatic carbocycles. The molecule has 7 heteroatoms. The van der Waals surface area contributed by atoms with Crippen molar-refractivity contribution in [2.24, 2.45) is 0 Å². The van der Waals surface area contributed by atoms with Crippen LogP contribution in [0.4, 0.5) is 4.79 Å². The number of ether oxygens (including phenoxy) is 2. The number of rotatable bonds is 7. The highest BCUT2D eigenvalue weighted by Crippen LogP contribution is 2.36. The van der Waals surface area contributed by atoms with E-state index in [1.165, 1.54) is 4.90 Å². The van der Waals surface area contributed by atoms with Gasteiger partial charge in [-0.15, -0.1) is 0 Å². The molecular weight excluding hydrogens is 446 g/mol.